The lowest BCUT2D eigenvalue weighted by atomic mass is 9.88. The molecule has 648 valence electrons. The zero-order valence-electron chi connectivity index (χ0n) is 119. The quantitative estimate of drug-likeness (QED) is 0.109. The minimum atomic E-state index is -2.73. The molecule has 0 spiro atoms. The van der Waals surface area contributed by atoms with E-state index in [2.05, 4.69) is 0 Å². The molecule has 0 saturated carbocycles. The van der Waals surface area contributed by atoms with E-state index in [1.807, 2.05) is 75.0 Å². The molecule has 12 aromatic carbocycles. The molecule has 5 aromatic heterocycles. The standard InChI is InChI=1S/2C29H30N.C23H26N.C22H24N.C21H22N/c1-19-11-7-8-14-24(19)25-15-10-16-26(23(25)5)28-17-27(22(4)18-30(28)6)29-20(2)12-9-13-21(29)3;1-19-14-15-25(21(3)16-19)28-17-29(30(6)18-22(28)4)27-13-9-12-26(23(27)5)24-11-8-7-10-20(24)2;1-15-9-7-8-10-20(15)23-16(2)11-12-21(19(23)5)22-13-17(3)18(4)14-24(22)6;1-15-10-13-21(23(5)14-15)20-12-11-17(3)22(18(20)4)19-9-7-6-8-16(19)2;1-15-9-5-6-10-18(15)21-16(2)12-13-19(17(21)3)20-11-7-8-14-22(20)4/h2*7-18H,1-6H3;7-14H,1-6H3;6-14H,1-5H3;5-14H,1-4H3/q5*+1/i1D3,2D3,3D3,4D3;2D3,3D3,4D3;1D3,2D3,4D3;1D3,2D3,3D3;1D3,2D3. The molecule has 0 aliphatic heterocycles. The maximum atomic E-state index is 8.24. The van der Waals surface area contributed by atoms with Crippen molar-refractivity contribution in [2.45, 2.75) is 151 Å². The third-order valence-electron chi connectivity index (χ3n) is 23.5. The predicted octanol–water partition coefficient (Wildman–Crippen LogP) is 29.3. The van der Waals surface area contributed by atoms with Crippen molar-refractivity contribution in [3.63, 3.8) is 0 Å². The summed E-state index contributed by atoms with van der Waals surface area (Å²) in [5.41, 5.74) is 18.1. The Balaban J connectivity index is 0.000000179. The Kier molecular flexibility index (Phi) is 16.0. The molecule has 17 rings (SSSR count). The van der Waals surface area contributed by atoms with Crippen LogP contribution in [0.25, 0.3) is 134 Å². The van der Waals surface area contributed by atoms with Gasteiger partial charge in [-0.1, -0.05) is 206 Å². The zero-order valence-corrected chi connectivity index (χ0v) is 74.2. The fourth-order valence-corrected chi connectivity index (χ4v) is 16.7. The highest BCUT2D eigenvalue weighted by atomic mass is 14.9. The van der Waals surface area contributed by atoms with Crippen LogP contribution < -0.4 is 22.8 Å². The summed E-state index contributed by atoms with van der Waals surface area (Å²) in [5.74, 6) is 0. The predicted molar refractivity (Wildman–Crippen MR) is 548 cm³/mol. The maximum absolute atomic E-state index is 8.24. The van der Waals surface area contributed by atoms with E-state index in [-0.39, 0.29) is 94.6 Å². The topological polar surface area (TPSA) is 19.4 Å². The molecule has 0 unspecified atom stereocenters. The molecule has 0 amide bonds. The average molecular weight is 1740 g/mol. The molecule has 0 radical (unpaired) electrons. The van der Waals surface area contributed by atoms with Crippen molar-refractivity contribution in [3.05, 3.63) is 432 Å². The van der Waals surface area contributed by atoms with Crippen molar-refractivity contribution in [2.24, 2.45) is 35.2 Å². The van der Waals surface area contributed by atoms with Gasteiger partial charge in [-0.2, -0.15) is 0 Å². The van der Waals surface area contributed by atoms with Crippen LogP contribution in [0.5, 0.6) is 0 Å². The Hall–Kier alpha value is -13.6. The molecule has 0 saturated heterocycles. The molecule has 0 bridgehead atoms. The normalized spacial score (nSPS) is 17.5. The smallest absolute Gasteiger partial charge is 0.201 e. The summed E-state index contributed by atoms with van der Waals surface area (Å²) >= 11 is 0. The van der Waals surface area contributed by atoms with Gasteiger partial charge in [-0.05, 0) is 366 Å². The summed E-state index contributed by atoms with van der Waals surface area (Å²) in [6.45, 7) is -24.1. The first kappa shape index (κ1) is 50.8. The van der Waals surface area contributed by atoms with Gasteiger partial charge in [0.1, 0.15) is 35.2 Å². The second kappa shape index (κ2) is 40.6. The highest BCUT2D eigenvalue weighted by Gasteiger charge is 2.26. The van der Waals surface area contributed by atoms with Gasteiger partial charge in [-0.15, -0.1) is 0 Å². The Bertz CT molecular complexity index is 8890. The van der Waals surface area contributed by atoms with Gasteiger partial charge in [0.25, 0.3) is 0 Å². The van der Waals surface area contributed by atoms with E-state index >= 15 is 0 Å². The first-order chi connectivity index (χ1) is 79.9. The summed E-state index contributed by atoms with van der Waals surface area (Å²) in [6.07, 6.45) is 7.91. The maximum Gasteiger partial charge on any atom is 0.213 e. The molecular weight excluding hydrogens is 1560 g/mol. The van der Waals surface area contributed by atoms with E-state index in [1.165, 1.54) is 73.2 Å². The first-order valence-corrected chi connectivity index (χ1v) is 41.8. The lowest BCUT2D eigenvalue weighted by molar-refractivity contribution is -0.660. The van der Waals surface area contributed by atoms with Gasteiger partial charge in [-0.25, -0.2) is 22.8 Å². The molecular formula is C124H132N5+5. The van der Waals surface area contributed by atoms with Crippen LogP contribution in [0.3, 0.4) is 0 Å². The van der Waals surface area contributed by atoms with Crippen LogP contribution in [0.4, 0.5) is 0 Å². The SMILES string of the molecule is [2H]C([2H])([2H])c1c[n+](C)c(-c2ccc(C([2H])([2H])[2H])c(-c3ccccc3C([2H])([2H])[2H])c2C)cc1C.[2H]C([2H])([2H])c1cc(C)ccc1-c1cc(-c2cccc(-c3ccccc3C([2H])([2H])[2H])c2C)[n+](C)cc1C([2H])([2H])[2H].[2H]C([2H])([2H])c1ccc(-c2ccc(C([2H])([2H])[2H])c(-c3ccccc3C([2H])([2H])[2H])c2C)[n+](C)c1.[2H]C([2H])([2H])c1ccccc1-c1c(C([2H])([2H])[2H])ccc(-c2cccc[n+]2C)c1C.[2H]C([2H])([2H])c1ccccc1-c1cccc(-c2cc(-c3c(C([2H])([2H])[2H])cccc3C([2H])([2H])[2H])c(C([2H])([2H])[2H])c[n+]2C)c1C. The summed E-state index contributed by atoms with van der Waals surface area (Å²) < 4.78 is 369. The first-order valence-electron chi connectivity index (χ1n) is 64.3. The number of hydrogen-bond donors (Lipinski definition) is 0. The van der Waals surface area contributed by atoms with Crippen molar-refractivity contribution in [3.8, 4) is 134 Å². The Morgan fingerprint density at radius 3 is 0.907 bits per heavy atom. The van der Waals surface area contributed by atoms with Gasteiger partial charge in [0.2, 0.25) is 28.5 Å². The molecule has 5 nitrogen and oxygen atoms in total. The fourth-order valence-electron chi connectivity index (χ4n) is 16.7. The molecule has 5 heterocycles. The number of aromatic nitrogens is 5. The lowest BCUT2D eigenvalue weighted by Gasteiger charge is -2.16. The molecule has 17 aromatic rings. The van der Waals surface area contributed by atoms with Gasteiger partial charge in [-0.3, -0.25) is 0 Å². The van der Waals surface area contributed by atoms with Gasteiger partial charge in [0.05, 0.1) is 0 Å². The Morgan fingerprint density at radius 1 is 0.163 bits per heavy atom. The van der Waals surface area contributed by atoms with Gasteiger partial charge in [0, 0.05) is 148 Å². The molecule has 0 N–H and O–H groups in total. The summed E-state index contributed by atoms with van der Waals surface area (Å²) in [7, 11) is 8.77. The average Bonchev–Trinajstić information content (AvgIpc) is 0.723. The molecule has 0 aliphatic rings. The Morgan fingerprint density at radius 2 is 0.473 bits per heavy atom. The number of benzene rings is 12. The number of pyridine rings is 5. The van der Waals surface area contributed by atoms with E-state index in [1.54, 1.807) is 268 Å². The van der Waals surface area contributed by atoms with Crippen molar-refractivity contribution >= 4 is 0 Å². The van der Waals surface area contributed by atoms with Crippen LogP contribution in [0.2, 0.25) is 0 Å². The minimum Gasteiger partial charge on any atom is -0.201 e. The summed E-state index contributed by atoms with van der Waals surface area (Å²) in [5, 5.41) is 0. The van der Waals surface area contributed by atoms with Gasteiger partial charge >= 0.3 is 0 Å². The minimum absolute atomic E-state index is 0.0198. The van der Waals surface area contributed by atoms with Crippen molar-refractivity contribution in [1.29, 1.82) is 0 Å². The van der Waals surface area contributed by atoms with Crippen LogP contribution in [0.1, 0.15) is 184 Å². The van der Waals surface area contributed by atoms with Crippen LogP contribution in [-0.2, 0) is 35.2 Å². The van der Waals surface area contributed by atoms with E-state index in [9.17, 15) is 0 Å². The molecule has 0 atom stereocenters. The highest BCUT2D eigenvalue weighted by molar-refractivity contribution is 5.86. The van der Waals surface area contributed by atoms with Crippen LogP contribution in [0.15, 0.2) is 310 Å². The van der Waals surface area contributed by atoms with E-state index in [0.717, 1.165) is 39.1 Å². The third-order valence-corrected chi connectivity index (χ3v) is 23.5. The Labute approximate surface area is 835 Å². The monoisotopic (exact) mass is 1740 g/mol. The van der Waals surface area contributed by atoms with Crippen molar-refractivity contribution in [2.75, 3.05) is 0 Å². The lowest BCUT2D eigenvalue weighted by Crippen LogP contribution is -2.31. The van der Waals surface area contributed by atoms with Crippen LogP contribution in [-0.4, -0.2) is 0 Å². The fraction of sp³-hybridized carbons (Fsp3) is 0.218. The van der Waals surface area contributed by atoms with E-state index in [4.69, 9.17) is 61.7 Å². The second-order valence-corrected chi connectivity index (χ2v) is 32.1. The van der Waals surface area contributed by atoms with E-state index < -0.39 is 103 Å². The number of hydrogen-bond acceptors (Lipinski definition) is 0. The highest BCUT2D eigenvalue weighted by Crippen LogP contribution is 2.42. The second-order valence-electron chi connectivity index (χ2n) is 32.1. The molecule has 129 heavy (non-hydrogen) atoms. The van der Waals surface area contributed by atoms with Gasteiger partial charge < -0.3 is 0 Å². The van der Waals surface area contributed by atoms with Crippen molar-refractivity contribution < 1.29 is 84.5 Å². The van der Waals surface area contributed by atoms with Crippen molar-refractivity contribution in [1.82, 2.24) is 0 Å². The number of aryl methyl sites for hydroxylation is 22. The zero-order chi connectivity index (χ0) is 130. The number of nitrogens with zero attached hydrogens (tertiary/aromatic N) is 5. The molecule has 0 aliphatic carbocycles. The van der Waals surface area contributed by atoms with Crippen LogP contribution in [0, 0.1) is 151 Å². The summed E-state index contributed by atoms with van der Waals surface area (Å²) in [6, 6.07) is 76.8. The van der Waals surface area contributed by atoms with Gasteiger partial charge in [0.15, 0.2) is 31.0 Å². The van der Waals surface area contributed by atoms with Crippen LogP contribution >= 0.6 is 0 Å². The number of rotatable bonds is 12. The van der Waals surface area contributed by atoms with E-state index in [0.29, 0.717) is 123 Å². The summed E-state index contributed by atoms with van der Waals surface area (Å²) in [4.78, 5) is 0. The third kappa shape index (κ3) is 20.2. The largest absolute Gasteiger partial charge is 0.213 e. The molecule has 5 heteroatoms. The molecule has 0 fully saturated rings.